The zero-order valence-corrected chi connectivity index (χ0v) is 32.1. The van der Waals surface area contributed by atoms with Crippen LogP contribution in [0.1, 0.15) is 24.0 Å². The number of nitrogen functional groups attached to an aromatic ring is 1. The molecular weight excluding hydrogens is 755 g/mol. The highest BCUT2D eigenvalue weighted by Gasteiger charge is 2.45. The van der Waals surface area contributed by atoms with E-state index in [9.17, 15) is 9.18 Å². The Morgan fingerprint density at radius 2 is 1.75 bits per heavy atom. The van der Waals surface area contributed by atoms with Gasteiger partial charge < -0.3 is 25.6 Å². The van der Waals surface area contributed by atoms with Gasteiger partial charge in [0.15, 0.2) is 11.5 Å². The fourth-order valence-electron chi connectivity index (χ4n) is 8.31. The minimum Gasteiger partial charge on any atom is -0.488 e. The molecule has 13 nitrogen and oxygen atoms in total. The van der Waals surface area contributed by atoms with Crippen molar-refractivity contribution in [1.29, 1.82) is 0 Å². The van der Waals surface area contributed by atoms with Crippen molar-refractivity contribution < 1.29 is 23.1 Å². The monoisotopic (exact) mass is 796 g/mol. The normalized spacial score (nSPS) is 20.3. The van der Waals surface area contributed by atoms with E-state index < -0.39 is 29.8 Å². The van der Waals surface area contributed by atoms with E-state index in [1.54, 1.807) is 11.1 Å². The van der Waals surface area contributed by atoms with Crippen molar-refractivity contribution in [2.75, 3.05) is 49.9 Å². The van der Waals surface area contributed by atoms with Crippen molar-refractivity contribution in [2.24, 2.45) is 4.99 Å². The summed E-state index contributed by atoms with van der Waals surface area (Å²) in [6.45, 7) is 2.95. The summed E-state index contributed by atoms with van der Waals surface area (Å²) in [5, 5.41) is 7.98. The van der Waals surface area contributed by atoms with Crippen molar-refractivity contribution in [3.8, 4) is 22.6 Å². The summed E-state index contributed by atoms with van der Waals surface area (Å²) in [6, 6.07) is 25.2. The molecule has 3 N–H and O–H groups in total. The van der Waals surface area contributed by atoms with E-state index in [1.807, 2.05) is 65.6 Å². The van der Waals surface area contributed by atoms with Crippen molar-refractivity contribution in [2.45, 2.75) is 37.6 Å². The number of rotatable bonds is 4. The number of amides is 2. The summed E-state index contributed by atoms with van der Waals surface area (Å²) in [7, 11) is 0. The topological polar surface area (TPSA) is 147 Å². The summed E-state index contributed by atoms with van der Waals surface area (Å²) >= 11 is 0. The first-order valence-electron chi connectivity index (χ1n) is 19.7. The highest BCUT2D eigenvalue weighted by atomic mass is 19.1. The molecule has 3 aliphatic rings. The predicted octanol–water partition coefficient (Wildman–Crippen LogP) is 5.02. The average molecular weight is 797 g/mol. The maximum atomic E-state index is 15.1. The molecule has 2 aromatic heterocycles. The summed E-state index contributed by atoms with van der Waals surface area (Å²) in [6.07, 6.45) is 5.02. The number of anilines is 2. The summed E-state index contributed by atoms with van der Waals surface area (Å²) in [5.41, 5.74) is 11.0. The van der Waals surface area contributed by atoms with Gasteiger partial charge in [0.1, 0.15) is 47.6 Å². The second kappa shape index (κ2) is 16.3. The molecule has 6 aromatic rings. The molecule has 3 aliphatic heterocycles. The van der Waals surface area contributed by atoms with Crippen LogP contribution in [0.2, 0.25) is 0 Å². The molecule has 0 spiro atoms. The van der Waals surface area contributed by atoms with Crippen LogP contribution in [0.4, 0.5) is 20.3 Å². The van der Waals surface area contributed by atoms with Gasteiger partial charge in [-0.2, -0.15) is 5.10 Å². The van der Waals surface area contributed by atoms with Crippen molar-refractivity contribution >= 4 is 40.6 Å². The molecule has 300 valence electrons. The molecule has 9 rings (SSSR count). The molecule has 0 radical (unpaired) electrons. The van der Waals surface area contributed by atoms with Crippen LogP contribution < -0.4 is 20.7 Å². The molecule has 0 saturated carbocycles. The van der Waals surface area contributed by atoms with Crippen LogP contribution in [0, 0.1) is 11.6 Å². The number of piperazine rings is 1. The summed E-state index contributed by atoms with van der Waals surface area (Å²) in [4.78, 5) is 48.8. The standard InChI is InChI=1S/C44H42F2N10O3/c45-30-13-14-38(36(46)20-30)56-42-35(23-52-56)41(50-27-51-42)55-25-32-21-39(55)44(58)54-18-17-53(24-28-7-2-1-3-8-28)26-40(54)43(57)49-16-6-15-48-22-34-33(11-5-12-37(34)47)29-9-4-10-31(19-29)59-32/h1-5,7-14,19-20,22-23,27,32,39-40H,6,15-18,21,24-26,47H2,(H,49,57). The fourth-order valence-corrected chi connectivity index (χ4v) is 8.31. The number of aromatic nitrogens is 4. The van der Waals surface area contributed by atoms with Gasteiger partial charge in [-0.1, -0.05) is 54.6 Å². The van der Waals surface area contributed by atoms with Crippen LogP contribution in [-0.2, 0) is 16.1 Å². The van der Waals surface area contributed by atoms with Crippen LogP contribution in [-0.4, -0.2) is 105 Å². The average Bonchev–Trinajstić information content (AvgIpc) is 3.87. The Labute approximate surface area is 339 Å². The Balaban J connectivity index is 1.10. The van der Waals surface area contributed by atoms with Crippen molar-refractivity contribution in [3.63, 3.8) is 0 Å². The molecule has 4 aromatic carbocycles. The van der Waals surface area contributed by atoms with E-state index in [4.69, 9.17) is 10.5 Å². The van der Waals surface area contributed by atoms with Crippen molar-refractivity contribution in [3.05, 3.63) is 126 Å². The molecule has 2 amide bonds. The molecule has 2 saturated heterocycles. The van der Waals surface area contributed by atoms with Crippen LogP contribution >= 0.6 is 0 Å². The highest BCUT2D eigenvalue weighted by molar-refractivity contribution is 5.97. The minimum atomic E-state index is -0.806. The number of halogens is 2. The Kier molecular flexibility index (Phi) is 10.4. The maximum Gasteiger partial charge on any atom is 0.246 e. The smallest absolute Gasteiger partial charge is 0.246 e. The number of nitrogens with one attached hydrogen (secondary N) is 1. The van der Waals surface area contributed by atoms with Gasteiger partial charge in [0, 0.05) is 69.2 Å². The highest BCUT2D eigenvalue weighted by Crippen LogP contribution is 2.35. The van der Waals surface area contributed by atoms with Gasteiger partial charge in [-0.15, -0.1) is 0 Å². The Hall–Kier alpha value is -6.74. The number of nitrogens with two attached hydrogens (primary N) is 1. The number of carbonyl (C=O) groups is 2. The van der Waals surface area contributed by atoms with E-state index in [1.165, 1.54) is 23.3 Å². The second-order valence-electron chi connectivity index (χ2n) is 15.0. The predicted molar refractivity (Wildman–Crippen MR) is 220 cm³/mol. The van der Waals surface area contributed by atoms with E-state index in [0.29, 0.717) is 68.3 Å². The number of fused-ring (bicyclic) bond motifs is 8. The molecule has 59 heavy (non-hydrogen) atoms. The Morgan fingerprint density at radius 3 is 2.61 bits per heavy atom. The first kappa shape index (κ1) is 37.8. The zero-order valence-electron chi connectivity index (χ0n) is 32.1. The third kappa shape index (κ3) is 7.68. The zero-order chi connectivity index (χ0) is 40.5. The second-order valence-corrected chi connectivity index (χ2v) is 15.0. The van der Waals surface area contributed by atoms with Crippen molar-refractivity contribution in [1.82, 2.24) is 34.9 Å². The van der Waals surface area contributed by atoms with Gasteiger partial charge in [0.05, 0.1) is 18.1 Å². The fraction of sp³-hybridized carbons (Fsp3) is 0.273. The Morgan fingerprint density at radius 1 is 0.881 bits per heavy atom. The number of benzene rings is 4. The lowest BCUT2D eigenvalue weighted by Crippen LogP contribution is -2.63. The van der Waals surface area contributed by atoms with Gasteiger partial charge in [0.2, 0.25) is 11.8 Å². The number of carbonyl (C=O) groups excluding carboxylic acids is 2. The van der Waals surface area contributed by atoms with Crippen LogP contribution in [0.25, 0.3) is 27.8 Å². The maximum absolute atomic E-state index is 15.1. The number of nitrogens with zero attached hydrogens (tertiary/aromatic N) is 8. The first-order chi connectivity index (χ1) is 28.8. The lowest BCUT2D eigenvalue weighted by atomic mass is 9.98. The number of ether oxygens (including phenoxy) is 1. The number of aliphatic imine (C=N–C) groups is 1. The van der Waals surface area contributed by atoms with Gasteiger partial charge in [0.25, 0.3) is 0 Å². The quantitative estimate of drug-likeness (QED) is 0.235. The van der Waals surface area contributed by atoms with E-state index in [-0.39, 0.29) is 36.1 Å². The first-order valence-corrected chi connectivity index (χ1v) is 19.7. The van der Waals surface area contributed by atoms with Gasteiger partial charge in [-0.05, 0) is 53.4 Å². The molecule has 4 bridgehead atoms. The Bertz CT molecular complexity index is 2550. The van der Waals surface area contributed by atoms with E-state index >= 15 is 9.18 Å². The number of hydrogen-bond donors (Lipinski definition) is 2. The third-order valence-corrected chi connectivity index (χ3v) is 11.2. The number of hydrogen-bond acceptors (Lipinski definition) is 10. The van der Waals surface area contributed by atoms with Gasteiger partial charge in [-0.25, -0.2) is 23.4 Å². The molecular formula is C44H42F2N10O3. The van der Waals surface area contributed by atoms with E-state index in [0.717, 1.165) is 34.4 Å². The lowest BCUT2D eigenvalue weighted by Gasteiger charge is -2.42. The third-order valence-electron chi connectivity index (χ3n) is 11.2. The molecule has 3 unspecified atom stereocenters. The molecule has 2 fully saturated rings. The van der Waals surface area contributed by atoms with Crippen LogP contribution in [0.15, 0.2) is 109 Å². The SMILES string of the molecule is Nc1cccc2c1C=NCCCNC(=O)C1CN(Cc3ccccc3)CCN1C(=O)C1CC(CN1c1ncnc3c1cnn3-c1ccc(F)cc1F)Oc1cccc-2c1. The molecule has 5 heterocycles. The van der Waals surface area contributed by atoms with E-state index in [2.05, 4.69) is 42.4 Å². The summed E-state index contributed by atoms with van der Waals surface area (Å²) < 4.78 is 36.9. The molecule has 15 heteroatoms. The van der Waals surface area contributed by atoms with Crippen LogP contribution in [0.5, 0.6) is 5.75 Å². The largest absolute Gasteiger partial charge is 0.488 e. The van der Waals surface area contributed by atoms with Gasteiger partial charge >= 0.3 is 0 Å². The van der Waals surface area contributed by atoms with Gasteiger partial charge in [-0.3, -0.25) is 19.5 Å². The summed E-state index contributed by atoms with van der Waals surface area (Å²) in [5.74, 6) is -1.00. The minimum absolute atomic E-state index is 0.0117. The molecule has 0 aliphatic carbocycles. The lowest BCUT2D eigenvalue weighted by molar-refractivity contribution is -0.145. The van der Waals surface area contributed by atoms with Crippen LogP contribution in [0.3, 0.4) is 0 Å². The molecule has 3 atom stereocenters.